The molecule has 0 fully saturated rings. The molecule has 0 aromatic carbocycles. The van der Waals surface area contributed by atoms with Crippen molar-refractivity contribution in [1.29, 1.82) is 0 Å². The summed E-state index contributed by atoms with van der Waals surface area (Å²) in [6.45, 7) is 3.59. The molecule has 0 amide bonds. The second-order valence-electron chi connectivity index (χ2n) is 14.5. The standard InChI is InChI=1S/C46H82NO8P/c1-3-5-7-9-11-13-15-16-17-18-19-20-21-22-23-24-25-26-27-28-29-31-33-35-37-39-46(49)55-44(43-54-56(50,51)53-41-40-47)42-52-45(48)38-36-34-32-30-14-12-10-8-6-4-2/h5,7,11,13,16-17,19-20,22-23,44H,3-4,6,8-10,12,14-15,18,21,24-43,47H2,1-2H3,(H,50,51)/b7-5-,13-11-,17-16-,20-19-,23-22-. The minimum Gasteiger partial charge on any atom is -0.462 e. The Morgan fingerprint density at radius 3 is 1.46 bits per heavy atom. The lowest BCUT2D eigenvalue weighted by Gasteiger charge is -2.19. The van der Waals surface area contributed by atoms with Crippen LogP contribution in [0.3, 0.4) is 0 Å². The van der Waals surface area contributed by atoms with E-state index in [0.29, 0.717) is 6.42 Å². The number of carbonyl (C=O) groups excluding carboxylic acids is 2. The zero-order valence-electron chi connectivity index (χ0n) is 35.6. The van der Waals surface area contributed by atoms with Gasteiger partial charge in [0.15, 0.2) is 6.10 Å². The minimum atomic E-state index is -4.38. The maximum Gasteiger partial charge on any atom is 0.472 e. The molecule has 0 heterocycles. The summed E-state index contributed by atoms with van der Waals surface area (Å²) in [4.78, 5) is 34.8. The van der Waals surface area contributed by atoms with Gasteiger partial charge < -0.3 is 20.1 Å². The predicted molar refractivity (Wildman–Crippen MR) is 233 cm³/mol. The highest BCUT2D eigenvalue weighted by atomic mass is 31.2. The number of phosphoric acid groups is 1. The number of unbranched alkanes of at least 4 members (excludes halogenated alkanes) is 18. The third-order valence-electron chi connectivity index (χ3n) is 9.17. The van der Waals surface area contributed by atoms with Gasteiger partial charge in [0, 0.05) is 19.4 Å². The highest BCUT2D eigenvalue weighted by Crippen LogP contribution is 2.43. The molecule has 0 aromatic heterocycles. The fourth-order valence-electron chi connectivity index (χ4n) is 5.90. The van der Waals surface area contributed by atoms with Crippen LogP contribution in [0.4, 0.5) is 0 Å². The van der Waals surface area contributed by atoms with Crippen molar-refractivity contribution >= 4 is 19.8 Å². The fraction of sp³-hybridized carbons (Fsp3) is 0.739. The summed E-state index contributed by atoms with van der Waals surface area (Å²) in [6.07, 6.45) is 49.7. The van der Waals surface area contributed by atoms with Crippen molar-refractivity contribution in [2.45, 2.75) is 193 Å². The SMILES string of the molecule is CC/C=C\C/C=C\C/C=C\C/C=C\C/C=C\CCCCCCCCCCCC(=O)OC(COC(=O)CCCCCCCCCCCC)COP(=O)(O)OCCN. The van der Waals surface area contributed by atoms with Gasteiger partial charge in [0.25, 0.3) is 0 Å². The van der Waals surface area contributed by atoms with Crippen molar-refractivity contribution in [3.63, 3.8) is 0 Å². The van der Waals surface area contributed by atoms with Crippen LogP contribution in [0.25, 0.3) is 0 Å². The Balaban J connectivity index is 4.07. The zero-order valence-corrected chi connectivity index (χ0v) is 36.5. The normalized spacial score (nSPS) is 13.9. The van der Waals surface area contributed by atoms with Crippen LogP contribution in [0, 0.1) is 0 Å². The van der Waals surface area contributed by atoms with Crippen molar-refractivity contribution in [2.75, 3.05) is 26.4 Å². The lowest BCUT2D eigenvalue weighted by Crippen LogP contribution is -2.29. The number of hydrogen-bond acceptors (Lipinski definition) is 8. The number of rotatable bonds is 41. The van der Waals surface area contributed by atoms with Gasteiger partial charge in [0.2, 0.25) is 0 Å². The molecule has 0 spiro atoms. The fourth-order valence-corrected chi connectivity index (χ4v) is 6.66. The van der Waals surface area contributed by atoms with Gasteiger partial charge in [-0.1, -0.05) is 177 Å². The summed E-state index contributed by atoms with van der Waals surface area (Å²) >= 11 is 0. The Bertz CT molecular complexity index is 1100. The molecule has 3 N–H and O–H groups in total. The second-order valence-corrected chi connectivity index (χ2v) is 16.0. The molecule has 10 heteroatoms. The maximum absolute atomic E-state index is 12.6. The van der Waals surface area contributed by atoms with E-state index in [2.05, 4.69) is 74.6 Å². The van der Waals surface area contributed by atoms with Gasteiger partial charge in [-0.3, -0.25) is 18.6 Å². The largest absolute Gasteiger partial charge is 0.472 e. The average Bonchev–Trinajstić information content (AvgIpc) is 3.18. The first-order valence-corrected chi connectivity index (χ1v) is 23.8. The van der Waals surface area contributed by atoms with Gasteiger partial charge in [-0.25, -0.2) is 4.57 Å². The second kappa shape index (κ2) is 42.3. The lowest BCUT2D eigenvalue weighted by atomic mass is 10.1. The smallest absolute Gasteiger partial charge is 0.462 e. The van der Waals surface area contributed by atoms with Crippen LogP contribution in [-0.2, 0) is 32.7 Å². The molecule has 0 aromatic rings. The first-order chi connectivity index (χ1) is 27.3. The van der Waals surface area contributed by atoms with E-state index in [4.69, 9.17) is 24.3 Å². The minimum absolute atomic E-state index is 0.0509. The Morgan fingerprint density at radius 1 is 0.554 bits per heavy atom. The van der Waals surface area contributed by atoms with Crippen molar-refractivity contribution in [1.82, 2.24) is 0 Å². The number of carbonyl (C=O) groups is 2. The maximum atomic E-state index is 12.6. The van der Waals surface area contributed by atoms with Gasteiger partial charge in [-0.15, -0.1) is 0 Å². The Labute approximate surface area is 342 Å². The Hall–Kier alpha value is -2.29. The molecule has 0 bridgehead atoms. The molecule has 2 atom stereocenters. The number of nitrogens with two attached hydrogens (primary N) is 1. The molecular formula is C46H82NO8P. The molecule has 0 aliphatic heterocycles. The monoisotopic (exact) mass is 808 g/mol. The van der Waals surface area contributed by atoms with Crippen molar-refractivity contribution in [3.05, 3.63) is 60.8 Å². The van der Waals surface area contributed by atoms with Gasteiger partial charge in [-0.2, -0.15) is 0 Å². The zero-order chi connectivity index (χ0) is 41.1. The number of hydrogen-bond donors (Lipinski definition) is 2. The van der Waals surface area contributed by atoms with Crippen LogP contribution < -0.4 is 5.73 Å². The summed E-state index contributed by atoms with van der Waals surface area (Å²) in [5.74, 6) is -0.838. The Morgan fingerprint density at radius 2 is 0.982 bits per heavy atom. The van der Waals surface area contributed by atoms with E-state index in [1.165, 1.54) is 77.0 Å². The van der Waals surface area contributed by atoms with E-state index in [-0.39, 0.29) is 38.6 Å². The summed E-state index contributed by atoms with van der Waals surface area (Å²) in [6, 6.07) is 0. The molecule has 0 aliphatic carbocycles. The first-order valence-electron chi connectivity index (χ1n) is 22.3. The van der Waals surface area contributed by atoms with E-state index < -0.39 is 26.5 Å². The molecule has 0 saturated heterocycles. The highest BCUT2D eigenvalue weighted by Gasteiger charge is 2.26. The molecule has 0 rings (SSSR count). The molecule has 324 valence electrons. The number of phosphoric ester groups is 1. The van der Waals surface area contributed by atoms with E-state index in [1.807, 2.05) is 0 Å². The van der Waals surface area contributed by atoms with E-state index >= 15 is 0 Å². The molecule has 9 nitrogen and oxygen atoms in total. The van der Waals surface area contributed by atoms with Gasteiger partial charge in [-0.05, 0) is 57.8 Å². The third-order valence-corrected chi connectivity index (χ3v) is 10.2. The van der Waals surface area contributed by atoms with Crippen molar-refractivity contribution in [3.8, 4) is 0 Å². The summed E-state index contributed by atoms with van der Waals surface area (Å²) in [7, 11) is -4.38. The molecular weight excluding hydrogens is 725 g/mol. The molecule has 0 aliphatic rings. The van der Waals surface area contributed by atoms with Crippen LogP contribution in [0.1, 0.15) is 187 Å². The van der Waals surface area contributed by atoms with Crippen LogP contribution >= 0.6 is 7.82 Å². The van der Waals surface area contributed by atoms with Gasteiger partial charge in [0.05, 0.1) is 13.2 Å². The van der Waals surface area contributed by atoms with Crippen molar-refractivity contribution < 1.29 is 37.6 Å². The average molecular weight is 808 g/mol. The van der Waals surface area contributed by atoms with Crippen LogP contribution in [0.15, 0.2) is 60.8 Å². The van der Waals surface area contributed by atoms with Gasteiger partial charge >= 0.3 is 19.8 Å². The molecule has 2 unspecified atom stereocenters. The van der Waals surface area contributed by atoms with Crippen LogP contribution in [0.2, 0.25) is 0 Å². The quantitative estimate of drug-likeness (QED) is 0.0268. The molecule has 0 saturated carbocycles. The molecule has 0 radical (unpaired) electrons. The van der Waals surface area contributed by atoms with E-state index in [9.17, 15) is 19.0 Å². The topological polar surface area (TPSA) is 134 Å². The first kappa shape index (κ1) is 53.7. The summed E-state index contributed by atoms with van der Waals surface area (Å²) in [5.41, 5.74) is 5.34. The Kier molecular flexibility index (Phi) is 40.6. The summed E-state index contributed by atoms with van der Waals surface area (Å²) < 4.78 is 32.7. The predicted octanol–water partition coefficient (Wildman–Crippen LogP) is 12.9. The summed E-state index contributed by atoms with van der Waals surface area (Å²) in [5, 5.41) is 0. The van der Waals surface area contributed by atoms with E-state index in [0.717, 1.165) is 77.0 Å². The van der Waals surface area contributed by atoms with E-state index in [1.54, 1.807) is 0 Å². The number of ether oxygens (including phenoxy) is 2. The lowest BCUT2D eigenvalue weighted by molar-refractivity contribution is -0.161. The van der Waals surface area contributed by atoms with Crippen LogP contribution in [-0.4, -0.2) is 49.3 Å². The third kappa shape index (κ3) is 41.3. The van der Waals surface area contributed by atoms with Crippen LogP contribution in [0.5, 0.6) is 0 Å². The number of allylic oxidation sites excluding steroid dienone is 10. The van der Waals surface area contributed by atoms with Crippen molar-refractivity contribution in [2.24, 2.45) is 5.73 Å². The highest BCUT2D eigenvalue weighted by molar-refractivity contribution is 7.47. The van der Waals surface area contributed by atoms with Gasteiger partial charge in [0.1, 0.15) is 6.61 Å². The molecule has 56 heavy (non-hydrogen) atoms. The number of esters is 2.